The Hall–Kier alpha value is -0.940. The lowest BCUT2D eigenvalue weighted by Crippen LogP contribution is -2.14. The van der Waals surface area contributed by atoms with Crippen molar-refractivity contribution in [2.75, 3.05) is 0 Å². The second-order valence-electron chi connectivity index (χ2n) is 5.97. The Bertz CT molecular complexity index is 936. The fourth-order valence-corrected chi connectivity index (χ4v) is 3.67. The van der Waals surface area contributed by atoms with Crippen LogP contribution in [-0.2, 0) is 19.7 Å². The molecule has 1 N–H and O–H groups in total. The van der Waals surface area contributed by atoms with Gasteiger partial charge in [-0.25, -0.2) is 0 Å². The summed E-state index contributed by atoms with van der Waals surface area (Å²) in [6, 6.07) is 19.1. The molecule has 0 aliphatic heterocycles. The molecule has 0 fully saturated rings. The molecule has 0 unspecified atom stereocenters. The molecule has 0 saturated heterocycles. The summed E-state index contributed by atoms with van der Waals surface area (Å²) in [4.78, 5) is 0. The molecular weight excluding hydrogens is 504 g/mol. The van der Waals surface area contributed by atoms with E-state index in [1.54, 1.807) is 12.1 Å². The standard InChI is InChI=1S/C21H17BrCl3NO.ClH/c22-17-6-8-21(27-13-15-5-7-18(23)10-20(15)25)16(9-17)12-26-11-14-3-1-2-4-19(14)24;/h1-10,26H,11-13H2;1H. The first-order valence-corrected chi connectivity index (χ1v) is 10.2. The van der Waals surface area contributed by atoms with Crippen LogP contribution < -0.4 is 10.1 Å². The molecule has 0 heterocycles. The number of ether oxygens (including phenoxy) is 1. The van der Waals surface area contributed by atoms with Crippen LogP contribution in [0.1, 0.15) is 16.7 Å². The summed E-state index contributed by atoms with van der Waals surface area (Å²) in [5.74, 6) is 0.802. The van der Waals surface area contributed by atoms with E-state index in [-0.39, 0.29) is 12.4 Å². The Morgan fingerprint density at radius 3 is 2.29 bits per heavy atom. The smallest absolute Gasteiger partial charge is 0.124 e. The van der Waals surface area contributed by atoms with Crippen molar-refractivity contribution in [3.63, 3.8) is 0 Å². The zero-order valence-electron chi connectivity index (χ0n) is 14.7. The van der Waals surface area contributed by atoms with Crippen LogP contribution >= 0.6 is 63.1 Å². The van der Waals surface area contributed by atoms with E-state index in [1.807, 2.05) is 48.5 Å². The molecule has 148 valence electrons. The van der Waals surface area contributed by atoms with Gasteiger partial charge in [-0.3, -0.25) is 0 Å². The summed E-state index contributed by atoms with van der Waals surface area (Å²) >= 11 is 21.9. The van der Waals surface area contributed by atoms with Crippen LogP contribution in [-0.4, -0.2) is 0 Å². The maximum absolute atomic E-state index is 6.23. The summed E-state index contributed by atoms with van der Waals surface area (Å²) in [5.41, 5.74) is 2.99. The Kier molecular flexibility index (Phi) is 9.42. The molecule has 0 atom stereocenters. The highest BCUT2D eigenvalue weighted by molar-refractivity contribution is 9.10. The minimum atomic E-state index is 0. The predicted molar refractivity (Wildman–Crippen MR) is 124 cm³/mol. The third-order valence-electron chi connectivity index (χ3n) is 4.01. The van der Waals surface area contributed by atoms with Gasteiger partial charge in [-0.1, -0.05) is 75.0 Å². The topological polar surface area (TPSA) is 21.3 Å². The number of halogens is 5. The van der Waals surface area contributed by atoms with Gasteiger partial charge in [-0.15, -0.1) is 12.4 Å². The van der Waals surface area contributed by atoms with E-state index in [9.17, 15) is 0 Å². The number of hydrogen-bond acceptors (Lipinski definition) is 2. The SMILES string of the molecule is Cl.Clc1ccc(COc2ccc(Br)cc2CNCc2ccccc2Cl)c(Cl)c1. The maximum Gasteiger partial charge on any atom is 0.124 e. The molecule has 0 amide bonds. The van der Waals surface area contributed by atoms with E-state index in [4.69, 9.17) is 39.5 Å². The van der Waals surface area contributed by atoms with E-state index in [0.717, 1.165) is 31.9 Å². The van der Waals surface area contributed by atoms with E-state index in [1.165, 1.54) is 0 Å². The summed E-state index contributed by atoms with van der Waals surface area (Å²) in [6.07, 6.45) is 0. The van der Waals surface area contributed by atoms with E-state index >= 15 is 0 Å². The van der Waals surface area contributed by atoms with Gasteiger partial charge < -0.3 is 10.1 Å². The molecular formula is C21H18BrCl4NO. The van der Waals surface area contributed by atoms with Crippen LogP contribution in [0.4, 0.5) is 0 Å². The Morgan fingerprint density at radius 2 is 1.54 bits per heavy atom. The molecule has 0 aliphatic carbocycles. The van der Waals surface area contributed by atoms with Crippen molar-refractivity contribution in [2.24, 2.45) is 0 Å². The normalized spacial score (nSPS) is 10.4. The van der Waals surface area contributed by atoms with Crippen molar-refractivity contribution in [1.29, 1.82) is 0 Å². The lowest BCUT2D eigenvalue weighted by atomic mass is 10.1. The van der Waals surface area contributed by atoms with Crippen molar-refractivity contribution in [1.82, 2.24) is 5.32 Å². The van der Waals surface area contributed by atoms with Crippen LogP contribution in [0.3, 0.4) is 0 Å². The Balaban J connectivity index is 0.00000280. The molecule has 0 spiro atoms. The first-order valence-electron chi connectivity index (χ1n) is 8.32. The van der Waals surface area contributed by atoms with Crippen LogP contribution in [0.15, 0.2) is 65.1 Å². The fourth-order valence-electron chi connectivity index (χ4n) is 2.59. The first kappa shape index (κ1) is 23.3. The quantitative estimate of drug-likeness (QED) is 0.344. The maximum atomic E-state index is 6.23. The number of nitrogens with one attached hydrogen (secondary N) is 1. The van der Waals surface area contributed by atoms with Crippen molar-refractivity contribution in [3.8, 4) is 5.75 Å². The molecule has 0 radical (unpaired) electrons. The monoisotopic (exact) mass is 519 g/mol. The lowest BCUT2D eigenvalue weighted by Gasteiger charge is -2.14. The highest BCUT2D eigenvalue weighted by Gasteiger charge is 2.08. The van der Waals surface area contributed by atoms with Crippen LogP contribution in [0.25, 0.3) is 0 Å². The van der Waals surface area contributed by atoms with Crippen LogP contribution in [0.5, 0.6) is 5.75 Å². The third-order valence-corrected chi connectivity index (χ3v) is 5.46. The van der Waals surface area contributed by atoms with Gasteiger partial charge >= 0.3 is 0 Å². The van der Waals surface area contributed by atoms with Crippen molar-refractivity contribution in [3.05, 3.63) is 96.9 Å². The lowest BCUT2D eigenvalue weighted by molar-refractivity contribution is 0.302. The van der Waals surface area contributed by atoms with Gasteiger partial charge in [0.2, 0.25) is 0 Å². The molecule has 28 heavy (non-hydrogen) atoms. The Labute approximate surface area is 194 Å². The highest BCUT2D eigenvalue weighted by Crippen LogP contribution is 2.27. The van der Waals surface area contributed by atoms with E-state index in [0.29, 0.717) is 29.7 Å². The minimum absolute atomic E-state index is 0. The summed E-state index contributed by atoms with van der Waals surface area (Å²) in [7, 11) is 0. The van der Waals surface area contributed by atoms with Gasteiger partial charge in [-0.05, 0) is 42.0 Å². The third kappa shape index (κ3) is 6.55. The number of rotatable bonds is 7. The van der Waals surface area contributed by atoms with Gasteiger partial charge in [0.25, 0.3) is 0 Å². The molecule has 7 heteroatoms. The van der Waals surface area contributed by atoms with Crippen LogP contribution in [0.2, 0.25) is 15.1 Å². The molecule has 3 rings (SSSR count). The summed E-state index contributed by atoms with van der Waals surface area (Å²) in [6.45, 7) is 1.69. The average molecular weight is 522 g/mol. The van der Waals surface area contributed by atoms with Gasteiger partial charge in [-0.2, -0.15) is 0 Å². The van der Waals surface area contributed by atoms with Crippen LogP contribution in [0, 0.1) is 0 Å². The molecule has 3 aromatic carbocycles. The highest BCUT2D eigenvalue weighted by atomic mass is 79.9. The molecule has 0 aromatic heterocycles. The first-order chi connectivity index (χ1) is 13.0. The van der Waals surface area contributed by atoms with Gasteiger partial charge in [0.05, 0.1) is 0 Å². The second kappa shape index (κ2) is 11.3. The molecule has 0 saturated carbocycles. The minimum Gasteiger partial charge on any atom is -0.489 e. The molecule has 0 aliphatic rings. The number of hydrogen-bond donors (Lipinski definition) is 1. The largest absolute Gasteiger partial charge is 0.489 e. The van der Waals surface area contributed by atoms with Crippen molar-refractivity contribution >= 4 is 63.1 Å². The molecule has 2 nitrogen and oxygen atoms in total. The van der Waals surface area contributed by atoms with E-state index < -0.39 is 0 Å². The molecule has 3 aromatic rings. The van der Waals surface area contributed by atoms with Crippen molar-refractivity contribution < 1.29 is 4.74 Å². The van der Waals surface area contributed by atoms with Gasteiger partial charge in [0.1, 0.15) is 12.4 Å². The van der Waals surface area contributed by atoms with E-state index in [2.05, 4.69) is 21.2 Å². The van der Waals surface area contributed by atoms with Crippen molar-refractivity contribution in [2.45, 2.75) is 19.7 Å². The average Bonchev–Trinajstić information content (AvgIpc) is 2.64. The fraction of sp³-hybridized carbons (Fsp3) is 0.143. The predicted octanol–water partition coefficient (Wildman–Crippen LogP) is 7.70. The summed E-state index contributed by atoms with van der Waals surface area (Å²) in [5, 5.41) is 5.38. The Morgan fingerprint density at radius 1 is 0.786 bits per heavy atom. The second-order valence-corrected chi connectivity index (χ2v) is 8.14. The van der Waals surface area contributed by atoms with Gasteiger partial charge in [0.15, 0.2) is 0 Å². The molecule has 0 bridgehead atoms. The zero-order valence-corrected chi connectivity index (χ0v) is 19.4. The van der Waals surface area contributed by atoms with Gasteiger partial charge in [0, 0.05) is 43.8 Å². The summed E-state index contributed by atoms with van der Waals surface area (Å²) < 4.78 is 7.01. The number of benzene rings is 3. The zero-order chi connectivity index (χ0) is 19.2.